The molecule has 0 aliphatic rings. The van der Waals surface area contributed by atoms with Crippen LogP contribution in [0.4, 0.5) is 27.7 Å². The molecule has 7 N–H and O–H groups in total. The number of para-hydroxylation sites is 2. The third-order valence-electron chi connectivity index (χ3n) is 3.91. The maximum Gasteiger partial charge on any atom is 0.319 e. The van der Waals surface area contributed by atoms with E-state index in [2.05, 4.69) is 20.9 Å². The maximum absolute atomic E-state index is 12.3. The molecular formula is C20H20N6O2. The molecule has 0 saturated heterocycles. The molecule has 0 radical (unpaired) electrons. The van der Waals surface area contributed by atoms with Gasteiger partial charge in [0.2, 0.25) is 0 Å². The second-order valence-corrected chi connectivity index (χ2v) is 6.02. The Morgan fingerprint density at radius 1 is 0.893 bits per heavy atom. The third-order valence-corrected chi connectivity index (χ3v) is 3.91. The maximum atomic E-state index is 12.3. The first kappa shape index (κ1) is 18.7. The summed E-state index contributed by atoms with van der Waals surface area (Å²) in [4.78, 5) is 28.3. The van der Waals surface area contributed by atoms with Crippen molar-refractivity contribution in [3.63, 3.8) is 0 Å². The Morgan fingerprint density at radius 3 is 2.32 bits per heavy atom. The SMILES string of the molecule is Nc1ccc(CNC(=O)Nc2ccc(C(=O)Nc3ccccc3N)cc2)cn1. The number of carbonyl (C=O) groups is 2. The summed E-state index contributed by atoms with van der Waals surface area (Å²) in [5.74, 6) is 0.136. The minimum Gasteiger partial charge on any atom is -0.397 e. The molecule has 0 aliphatic carbocycles. The number of carbonyl (C=O) groups excluding carboxylic acids is 2. The van der Waals surface area contributed by atoms with Crippen LogP contribution in [-0.2, 0) is 6.54 Å². The number of pyridine rings is 1. The fourth-order valence-electron chi connectivity index (χ4n) is 2.41. The standard InChI is InChI=1S/C20H20N6O2/c21-16-3-1-2-4-17(16)26-19(27)14-6-8-15(9-7-14)25-20(28)24-12-13-5-10-18(22)23-11-13/h1-11H,12,21H2,(H2,22,23)(H,26,27)(H2,24,25,28). The zero-order valence-electron chi connectivity index (χ0n) is 15.0. The molecule has 1 heterocycles. The van der Waals surface area contributed by atoms with E-state index < -0.39 is 0 Å². The van der Waals surface area contributed by atoms with Crippen molar-refractivity contribution in [2.75, 3.05) is 22.1 Å². The van der Waals surface area contributed by atoms with E-state index in [0.29, 0.717) is 35.0 Å². The normalized spacial score (nSPS) is 10.1. The van der Waals surface area contributed by atoms with Crippen LogP contribution in [-0.4, -0.2) is 16.9 Å². The van der Waals surface area contributed by atoms with Gasteiger partial charge in [-0.2, -0.15) is 0 Å². The molecule has 1 aromatic heterocycles. The average molecular weight is 376 g/mol. The van der Waals surface area contributed by atoms with Crippen molar-refractivity contribution in [1.82, 2.24) is 10.3 Å². The van der Waals surface area contributed by atoms with Gasteiger partial charge in [-0.15, -0.1) is 0 Å². The van der Waals surface area contributed by atoms with Crippen molar-refractivity contribution in [3.05, 3.63) is 78.0 Å². The highest BCUT2D eigenvalue weighted by atomic mass is 16.2. The van der Waals surface area contributed by atoms with Crippen molar-refractivity contribution in [2.45, 2.75) is 6.54 Å². The van der Waals surface area contributed by atoms with Crippen molar-refractivity contribution in [3.8, 4) is 0 Å². The zero-order chi connectivity index (χ0) is 19.9. The van der Waals surface area contributed by atoms with Gasteiger partial charge in [0.05, 0.1) is 11.4 Å². The first-order valence-corrected chi connectivity index (χ1v) is 8.52. The minimum atomic E-state index is -0.369. The first-order chi connectivity index (χ1) is 13.5. The summed E-state index contributed by atoms with van der Waals surface area (Å²) in [6.45, 7) is 0.318. The number of rotatable bonds is 5. The molecular weight excluding hydrogens is 356 g/mol. The predicted molar refractivity (Wildman–Crippen MR) is 110 cm³/mol. The summed E-state index contributed by atoms with van der Waals surface area (Å²) in [5.41, 5.74) is 14.2. The topological polar surface area (TPSA) is 135 Å². The van der Waals surface area contributed by atoms with E-state index in [1.54, 1.807) is 66.9 Å². The smallest absolute Gasteiger partial charge is 0.319 e. The number of hydrogen-bond acceptors (Lipinski definition) is 5. The first-order valence-electron chi connectivity index (χ1n) is 8.52. The van der Waals surface area contributed by atoms with Crippen LogP contribution in [0.2, 0.25) is 0 Å². The van der Waals surface area contributed by atoms with Gasteiger partial charge in [0.15, 0.2) is 0 Å². The molecule has 0 atom stereocenters. The van der Waals surface area contributed by atoms with Gasteiger partial charge in [0, 0.05) is 24.0 Å². The van der Waals surface area contributed by atoms with Gasteiger partial charge in [-0.25, -0.2) is 9.78 Å². The van der Waals surface area contributed by atoms with E-state index in [1.807, 2.05) is 0 Å². The Bertz CT molecular complexity index is 971. The lowest BCUT2D eigenvalue weighted by molar-refractivity contribution is 0.102. The monoisotopic (exact) mass is 376 g/mol. The molecule has 3 aromatic rings. The summed E-state index contributed by atoms with van der Waals surface area (Å²) in [6.07, 6.45) is 1.60. The number of amides is 3. The highest BCUT2D eigenvalue weighted by Crippen LogP contribution is 2.18. The molecule has 0 fully saturated rings. The Balaban J connectivity index is 1.53. The van der Waals surface area contributed by atoms with E-state index in [-0.39, 0.29) is 11.9 Å². The van der Waals surface area contributed by atoms with Crippen molar-refractivity contribution >= 4 is 34.8 Å². The van der Waals surface area contributed by atoms with Crippen molar-refractivity contribution in [2.24, 2.45) is 0 Å². The number of nitrogens with one attached hydrogen (secondary N) is 3. The average Bonchev–Trinajstić information content (AvgIpc) is 2.70. The molecule has 0 unspecified atom stereocenters. The van der Waals surface area contributed by atoms with Crippen LogP contribution >= 0.6 is 0 Å². The van der Waals surface area contributed by atoms with Gasteiger partial charge in [-0.05, 0) is 48.0 Å². The van der Waals surface area contributed by atoms with Gasteiger partial charge in [0.1, 0.15) is 5.82 Å². The quantitative estimate of drug-likeness (QED) is 0.436. The number of aromatic nitrogens is 1. The molecule has 0 aliphatic heterocycles. The van der Waals surface area contributed by atoms with Crippen molar-refractivity contribution in [1.29, 1.82) is 0 Å². The summed E-state index contributed by atoms with van der Waals surface area (Å²) in [6, 6.07) is 16.6. The van der Waals surface area contributed by atoms with E-state index in [1.165, 1.54) is 0 Å². The summed E-state index contributed by atoms with van der Waals surface area (Å²) >= 11 is 0. The Hall–Kier alpha value is -4.07. The summed E-state index contributed by atoms with van der Waals surface area (Å²) < 4.78 is 0. The van der Waals surface area contributed by atoms with Crippen LogP contribution in [0.1, 0.15) is 15.9 Å². The molecule has 0 bridgehead atoms. The molecule has 8 heteroatoms. The van der Waals surface area contributed by atoms with Crippen LogP contribution in [0.15, 0.2) is 66.9 Å². The number of nitrogens with two attached hydrogens (primary N) is 2. The molecule has 0 spiro atoms. The Labute approximate surface area is 162 Å². The molecule has 28 heavy (non-hydrogen) atoms. The van der Waals surface area contributed by atoms with Gasteiger partial charge in [-0.3, -0.25) is 4.79 Å². The van der Waals surface area contributed by atoms with E-state index in [4.69, 9.17) is 11.5 Å². The third kappa shape index (κ3) is 4.98. The van der Waals surface area contributed by atoms with Gasteiger partial charge < -0.3 is 27.4 Å². The molecule has 3 rings (SSSR count). The molecule has 142 valence electrons. The molecule has 2 aromatic carbocycles. The lowest BCUT2D eigenvalue weighted by Gasteiger charge is -2.10. The molecule has 8 nitrogen and oxygen atoms in total. The van der Waals surface area contributed by atoms with Gasteiger partial charge in [-0.1, -0.05) is 18.2 Å². The van der Waals surface area contributed by atoms with E-state index in [0.717, 1.165) is 5.56 Å². The van der Waals surface area contributed by atoms with E-state index in [9.17, 15) is 9.59 Å². The van der Waals surface area contributed by atoms with Crippen LogP contribution in [0.25, 0.3) is 0 Å². The number of nitrogens with zero attached hydrogens (tertiary/aromatic N) is 1. The number of anilines is 4. The Morgan fingerprint density at radius 2 is 1.64 bits per heavy atom. The Kier molecular flexibility index (Phi) is 5.71. The number of hydrogen-bond donors (Lipinski definition) is 5. The van der Waals surface area contributed by atoms with Crippen LogP contribution < -0.4 is 27.4 Å². The number of nitrogen functional groups attached to an aromatic ring is 2. The second kappa shape index (κ2) is 8.54. The van der Waals surface area contributed by atoms with Crippen molar-refractivity contribution < 1.29 is 9.59 Å². The summed E-state index contributed by atoms with van der Waals surface area (Å²) in [5, 5.41) is 8.17. The summed E-state index contributed by atoms with van der Waals surface area (Å²) in [7, 11) is 0. The highest BCUT2D eigenvalue weighted by Gasteiger charge is 2.08. The van der Waals surface area contributed by atoms with Gasteiger partial charge >= 0.3 is 6.03 Å². The zero-order valence-corrected chi connectivity index (χ0v) is 15.0. The minimum absolute atomic E-state index is 0.287. The van der Waals surface area contributed by atoms with Crippen LogP contribution in [0.3, 0.4) is 0 Å². The number of benzene rings is 2. The van der Waals surface area contributed by atoms with E-state index >= 15 is 0 Å². The largest absolute Gasteiger partial charge is 0.397 e. The molecule has 0 saturated carbocycles. The highest BCUT2D eigenvalue weighted by molar-refractivity contribution is 6.06. The lowest BCUT2D eigenvalue weighted by Crippen LogP contribution is -2.28. The van der Waals surface area contributed by atoms with Gasteiger partial charge in [0.25, 0.3) is 5.91 Å². The number of urea groups is 1. The second-order valence-electron chi connectivity index (χ2n) is 6.02. The fourth-order valence-corrected chi connectivity index (χ4v) is 2.41. The lowest BCUT2D eigenvalue weighted by atomic mass is 10.2. The molecule has 3 amide bonds. The fraction of sp³-hybridized carbons (Fsp3) is 0.0500. The predicted octanol–water partition coefficient (Wildman–Crippen LogP) is 2.82. The van der Waals surface area contributed by atoms with Crippen LogP contribution in [0, 0.1) is 0 Å². The van der Waals surface area contributed by atoms with Crippen LogP contribution in [0.5, 0.6) is 0 Å².